The average Bonchev–Trinajstić information content (AvgIpc) is 2.41. The summed E-state index contributed by atoms with van der Waals surface area (Å²) in [6.07, 6.45) is 0. The molecule has 7 nitrogen and oxygen atoms in total. The van der Waals surface area contributed by atoms with Crippen LogP contribution in [0.2, 0.25) is 0 Å². The zero-order valence-electron chi connectivity index (χ0n) is 12.4. The lowest BCUT2D eigenvalue weighted by Crippen LogP contribution is -2.35. The third-order valence-electron chi connectivity index (χ3n) is 2.51. The number of anilines is 1. The summed E-state index contributed by atoms with van der Waals surface area (Å²) >= 11 is 0. The number of ether oxygens (including phenoxy) is 2. The van der Waals surface area contributed by atoms with Gasteiger partial charge in [-0.25, -0.2) is 4.79 Å². The predicted molar refractivity (Wildman–Crippen MR) is 78.1 cm³/mol. The molecular formula is C14H20N2O5. The maximum Gasteiger partial charge on any atom is 0.323 e. The van der Waals surface area contributed by atoms with E-state index in [1.165, 1.54) is 7.05 Å². The maximum atomic E-state index is 11.8. The number of urea groups is 1. The van der Waals surface area contributed by atoms with Gasteiger partial charge in [0.25, 0.3) is 0 Å². The Labute approximate surface area is 123 Å². The van der Waals surface area contributed by atoms with E-state index in [2.05, 4.69) is 5.32 Å². The topological polar surface area (TPSA) is 88.1 Å². The number of rotatable bonds is 7. The molecule has 0 saturated heterocycles. The Hall–Kier alpha value is -2.44. The number of carboxylic acids is 1. The lowest BCUT2D eigenvalue weighted by Gasteiger charge is -2.17. The van der Waals surface area contributed by atoms with Crippen molar-refractivity contribution in [1.82, 2.24) is 4.90 Å². The van der Waals surface area contributed by atoms with Gasteiger partial charge >= 0.3 is 12.0 Å². The molecule has 0 aromatic heterocycles. The molecule has 0 aliphatic carbocycles. The largest absolute Gasteiger partial charge is 0.490 e. The number of carbonyl (C=O) groups excluding carboxylic acids is 1. The molecule has 2 amide bonds. The van der Waals surface area contributed by atoms with Crippen LogP contribution < -0.4 is 14.8 Å². The molecule has 0 heterocycles. The number of amides is 2. The fraction of sp³-hybridized carbons (Fsp3) is 0.429. The number of hydrogen-bond acceptors (Lipinski definition) is 4. The zero-order valence-corrected chi connectivity index (χ0v) is 12.4. The molecule has 0 atom stereocenters. The van der Waals surface area contributed by atoms with Gasteiger partial charge in [-0.2, -0.15) is 0 Å². The van der Waals surface area contributed by atoms with Crippen LogP contribution in [0.4, 0.5) is 10.5 Å². The molecule has 1 aromatic rings. The number of carboxylic acid groups (broad SMARTS) is 1. The Kier molecular flexibility index (Phi) is 6.32. The third kappa shape index (κ3) is 5.21. The number of benzene rings is 1. The minimum atomic E-state index is -1.07. The van der Waals surface area contributed by atoms with E-state index in [0.717, 1.165) is 4.90 Å². The summed E-state index contributed by atoms with van der Waals surface area (Å²) < 4.78 is 10.9. The summed E-state index contributed by atoms with van der Waals surface area (Å²) in [4.78, 5) is 23.4. The van der Waals surface area contributed by atoms with Gasteiger partial charge in [0.15, 0.2) is 11.5 Å². The van der Waals surface area contributed by atoms with Gasteiger partial charge in [0.2, 0.25) is 0 Å². The van der Waals surface area contributed by atoms with Crippen molar-refractivity contribution in [1.29, 1.82) is 0 Å². The first-order chi connectivity index (χ1) is 9.97. The van der Waals surface area contributed by atoms with Gasteiger partial charge in [-0.15, -0.1) is 0 Å². The monoisotopic (exact) mass is 296 g/mol. The van der Waals surface area contributed by atoms with Crippen molar-refractivity contribution in [3.8, 4) is 11.5 Å². The van der Waals surface area contributed by atoms with Crippen molar-refractivity contribution in [3.05, 3.63) is 18.2 Å². The lowest BCUT2D eigenvalue weighted by atomic mass is 10.2. The maximum absolute atomic E-state index is 11.8. The highest BCUT2D eigenvalue weighted by atomic mass is 16.5. The highest BCUT2D eigenvalue weighted by molar-refractivity contribution is 5.91. The number of likely N-dealkylation sites (N-methyl/N-ethyl adjacent to an activating group) is 1. The minimum Gasteiger partial charge on any atom is -0.490 e. The number of nitrogens with one attached hydrogen (secondary N) is 1. The van der Waals surface area contributed by atoms with Crippen molar-refractivity contribution >= 4 is 17.7 Å². The van der Waals surface area contributed by atoms with Gasteiger partial charge in [-0.1, -0.05) is 0 Å². The normalized spacial score (nSPS) is 9.86. The van der Waals surface area contributed by atoms with Crippen LogP contribution >= 0.6 is 0 Å². The summed E-state index contributed by atoms with van der Waals surface area (Å²) in [5.74, 6) is 0.0450. The van der Waals surface area contributed by atoms with Gasteiger partial charge in [0.05, 0.1) is 13.2 Å². The molecule has 0 unspecified atom stereocenters. The lowest BCUT2D eigenvalue weighted by molar-refractivity contribution is -0.137. The van der Waals surface area contributed by atoms with Crippen LogP contribution in [0.1, 0.15) is 13.8 Å². The smallest absolute Gasteiger partial charge is 0.323 e. The second-order valence-corrected chi connectivity index (χ2v) is 4.21. The van der Waals surface area contributed by atoms with Crippen molar-refractivity contribution < 1.29 is 24.2 Å². The fourth-order valence-electron chi connectivity index (χ4n) is 1.62. The van der Waals surface area contributed by atoms with Crippen molar-refractivity contribution in [2.24, 2.45) is 0 Å². The number of nitrogens with zero attached hydrogens (tertiary/aromatic N) is 1. The summed E-state index contributed by atoms with van der Waals surface area (Å²) in [6, 6.07) is 4.49. The Balaban J connectivity index is 2.81. The van der Waals surface area contributed by atoms with Crippen LogP contribution in [0.5, 0.6) is 11.5 Å². The molecule has 1 rings (SSSR count). The molecule has 0 aliphatic rings. The first-order valence-corrected chi connectivity index (χ1v) is 6.61. The number of aliphatic carboxylic acids is 1. The average molecular weight is 296 g/mol. The first-order valence-electron chi connectivity index (χ1n) is 6.61. The van der Waals surface area contributed by atoms with Gasteiger partial charge in [0, 0.05) is 18.8 Å². The van der Waals surface area contributed by atoms with E-state index >= 15 is 0 Å². The molecule has 0 aliphatic heterocycles. The van der Waals surface area contributed by atoms with E-state index in [9.17, 15) is 9.59 Å². The van der Waals surface area contributed by atoms with Gasteiger partial charge in [-0.3, -0.25) is 4.79 Å². The Morgan fingerprint density at radius 2 is 1.81 bits per heavy atom. The fourth-order valence-corrected chi connectivity index (χ4v) is 1.62. The van der Waals surface area contributed by atoms with E-state index in [-0.39, 0.29) is 6.54 Å². The molecule has 0 spiro atoms. The van der Waals surface area contributed by atoms with E-state index in [0.29, 0.717) is 30.4 Å². The number of hydrogen-bond donors (Lipinski definition) is 2. The summed E-state index contributed by atoms with van der Waals surface area (Å²) in [7, 11) is 1.40. The van der Waals surface area contributed by atoms with Gasteiger partial charge < -0.3 is 24.8 Å². The molecule has 7 heteroatoms. The molecule has 0 radical (unpaired) electrons. The van der Waals surface area contributed by atoms with Crippen LogP contribution in [-0.4, -0.2) is 48.8 Å². The van der Waals surface area contributed by atoms with Crippen LogP contribution in [0.15, 0.2) is 18.2 Å². The van der Waals surface area contributed by atoms with Crippen molar-refractivity contribution in [2.75, 3.05) is 32.1 Å². The predicted octanol–water partition coefficient (Wildman–Crippen LogP) is 2.03. The standard InChI is InChI=1S/C14H20N2O5/c1-4-20-11-7-6-10(8-12(11)21-5-2)15-14(19)16(3)9-13(17)18/h6-8H,4-5,9H2,1-3H3,(H,15,19)(H,17,18). The molecule has 21 heavy (non-hydrogen) atoms. The molecule has 0 bridgehead atoms. The Morgan fingerprint density at radius 1 is 1.19 bits per heavy atom. The summed E-state index contributed by atoms with van der Waals surface area (Å²) in [5, 5.41) is 11.3. The van der Waals surface area contributed by atoms with Crippen LogP contribution in [0.25, 0.3) is 0 Å². The van der Waals surface area contributed by atoms with E-state index in [1.807, 2.05) is 13.8 Å². The highest BCUT2D eigenvalue weighted by Crippen LogP contribution is 2.30. The number of carbonyl (C=O) groups is 2. The Bertz CT molecular complexity index is 504. The second-order valence-electron chi connectivity index (χ2n) is 4.21. The van der Waals surface area contributed by atoms with Crippen LogP contribution in [0.3, 0.4) is 0 Å². The quantitative estimate of drug-likeness (QED) is 0.803. The molecule has 0 fully saturated rings. The van der Waals surface area contributed by atoms with Crippen molar-refractivity contribution in [2.45, 2.75) is 13.8 Å². The molecule has 1 aromatic carbocycles. The summed E-state index contributed by atoms with van der Waals surface area (Å²) in [5.41, 5.74) is 0.504. The zero-order chi connectivity index (χ0) is 15.8. The summed E-state index contributed by atoms with van der Waals surface area (Å²) in [6.45, 7) is 4.32. The molecule has 2 N–H and O–H groups in total. The second kappa shape index (κ2) is 7.98. The van der Waals surface area contributed by atoms with Crippen molar-refractivity contribution in [3.63, 3.8) is 0 Å². The van der Waals surface area contributed by atoms with E-state index in [1.54, 1.807) is 18.2 Å². The molecular weight excluding hydrogens is 276 g/mol. The van der Waals surface area contributed by atoms with Crippen LogP contribution in [0, 0.1) is 0 Å². The first kappa shape index (κ1) is 16.6. The SMILES string of the molecule is CCOc1ccc(NC(=O)N(C)CC(=O)O)cc1OCC. The van der Waals surface area contributed by atoms with Crippen LogP contribution in [-0.2, 0) is 4.79 Å². The molecule has 116 valence electrons. The molecule has 0 saturated carbocycles. The van der Waals surface area contributed by atoms with E-state index in [4.69, 9.17) is 14.6 Å². The Morgan fingerprint density at radius 3 is 2.38 bits per heavy atom. The third-order valence-corrected chi connectivity index (χ3v) is 2.51. The minimum absolute atomic E-state index is 0.374. The van der Waals surface area contributed by atoms with Gasteiger partial charge in [-0.05, 0) is 26.0 Å². The highest BCUT2D eigenvalue weighted by Gasteiger charge is 2.13. The van der Waals surface area contributed by atoms with Gasteiger partial charge in [0.1, 0.15) is 6.54 Å². The van der Waals surface area contributed by atoms with E-state index < -0.39 is 12.0 Å².